The van der Waals surface area contributed by atoms with E-state index in [1.807, 2.05) is 48.5 Å². The van der Waals surface area contributed by atoms with Crippen molar-refractivity contribution in [2.24, 2.45) is 0 Å². The fraction of sp³-hybridized carbons (Fsp3) is 0.0175. The molecule has 11 rings (SSSR count). The van der Waals surface area contributed by atoms with Crippen LogP contribution >= 0.6 is 0 Å². The van der Waals surface area contributed by atoms with Gasteiger partial charge in [-0.25, -0.2) is 0 Å². The Morgan fingerprint density at radius 3 is 1.08 bits per heavy atom. The minimum Gasteiger partial charge on any atom is -0.507 e. The van der Waals surface area contributed by atoms with Gasteiger partial charge < -0.3 is 10.2 Å². The first-order chi connectivity index (χ1) is 29.1. The first-order valence-corrected chi connectivity index (χ1v) is 20.1. The number of fused-ring (bicyclic) bond motifs is 5. The largest absolute Gasteiger partial charge is 0.507 e. The zero-order valence-corrected chi connectivity index (χ0v) is 32.2. The van der Waals surface area contributed by atoms with E-state index < -0.39 is 5.41 Å². The number of phenolic OH excluding ortho intramolecular Hbond substituents is 2. The van der Waals surface area contributed by atoms with E-state index in [0.29, 0.717) is 0 Å². The molecule has 2 nitrogen and oxygen atoms in total. The van der Waals surface area contributed by atoms with Crippen molar-refractivity contribution in [3.05, 3.63) is 241 Å². The summed E-state index contributed by atoms with van der Waals surface area (Å²) in [5.74, 6) is 0.435. The second-order valence-electron chi connectivity index (χ2n) is 15.5. The van der Waals surface area contributed by atoms with Gasteiger partial charge >= 0.3 is 0 Å². The molecule has 10 aromatic carbocycles. The average Bonchev–Trinajstić information content (AvgIpc) is 3.61. The second kappa shape index (κ2) is 13.8. The first kappa shape index (κ1) is 34.6. The Hall–Kier alpha value is -7.68. The summed E-state index contributed by atoms with van der Waals surface area (Å²) in [6, 6.07) is 76.6. The second-order valence-corrected chi connectivity index (χ2v) is 15.5. The van der Waals surface area contributed by atoms with Crippen molar-refractivity contribution in [2.45, 2.75) is 5.41 Å². The highest BCUT2D eigenvalue weighted by Crippen LogP contribution is 2.62. The Labute approximate surface area is 343 Å². The molecule has 1 aliphatic carbocycles. The van der Waals surface area contributed by atoms with E-state index in [4.69, 9.17) is 0 Å². The Balaban J connectivity index is 1.32. The SMILES string of the molecule is Oc1ccc(C2(c3ccc(O)c(-c4ccccc4)c3)c3c(-c4ccc5ccccc5c4)cccc3-c3cccc(-c4ccc5ccccc5c4)c32)cc1-c1ccccc1. The molecule has 10 aromatic rings. The molecule has 0 fully saturated rings. The van der Waals surface area contributed by atoms with Crippen LogP contribution in [-0.2, 0) is 5.41 Å². The monoisotopic (exact) mass is 754 g/mol. The maximum atomic E-state index is 11.6. The Kier molecular flexibility index (Phi) is 8.06. The molecule has 0 saturated heterocycles. The van der Waals surface area contributed by atoms with Gasteiger partial charge in [-0.3, -0.25) is 0 Å². The van der Waals surface area contributed by atoms with Gasteiger partial charge in [0, 0.05) is 11.1 Å². The van der Waals surface area contributed by atoms with E-state index in [-0.39, 0.29) is 11.5 Å². The number of hydrogen-bond acceptors (Lipinski definition) is 2. The Bertz CT molecular complexity index is 3020. The molecule has 0 unspecified atom stereocenters. The topological polar surface area (TPSA) is 40.5 Å². The Morgan fingerprint density at radius 1 is 0.254 bits per heavy atom. The van der Waals surface area contributed by atoms with Crippen molar-refractivity contribution in [2.75, 3.05) is 0 Å². The molecule has 1 aliphatic rings. The summed E-state index contributed by atoms with van der Waals surface area (Å²) < 4.78 is 0. The molecule has 59 heavy (non-hydrogen) atoms. The van der Waals surface area contributed by atoms with Crippen LogP contribution in [0.1, 0.15) is 22.3 Å². The highest BCUT2D eigenvalue weighted by molar-refractivity contribution is 6.00. The number of benzene rings is 10. The maximum absolute atomic E-state index is 11.6. The summed E-state index contributed by atoms with van der Waals surface area (Å²) in [5.41, 5.74) is 13.6. The number of rotatable bonds is 6. The third-order valence-corrected chi connectivity index (χ3v) is 12.3. The smallest absolute Gasteiger partial charge is 0.123 e. The summed E-state index contributed by atoms with van der Waals surface area (Å²) in [7, 11) is 0. The highest BCUT2D eigenvalue weighted by atomic mass is 16.3. The van der Waals surface area contributed by atoms with Crippen molar-refractivity contribution in [1.29, 1.82) is 0 Å². The fourth-order valence-electron chi connectivity index (χ4n) is 9.66. The molecule has 0 heterocycles. The van der Waals surface area contributed by atoms with Crippen LogP contribution in [0.5, 0.6) is 11.5 Å². The molecule has 278 valence electrons. The molecular weight excluding hydrogens is 717 g/mol. The van der Waals surface area contributed by atoms with Gasteiger partial charge in [-0.1, -0.05) is 182 Å². The molecule has 0 spiro atoms. The van der Waals surface area contributed by atoms with E-state index in [1.165, 1.54) is 21.5 Å². The van der Waals surface area contributed by atoms with Gasteiger partial charge in [-0.05, 0) is 125 Å². The standard InChI is InChI=1S/C57H38O2/c58-53-31-29-45(35-51(53)39-15-3-1-4-16-39)57(46-30-32-54(59)52(36-46)40-17-5-2-6-18-40)55-47(43-27-25-37-13-7-9-19-41(37)33-43)21-11-23-49(55)50-24-12-22-48(56(50)57)44-28-26-38-14-8-10-20-42(38)34-44/h1-36,58-59H. The van der Waals surface area contributed by atoms with Gasteiger partial charge in [-0.15, -0.1) is 0 Å². The van der Waals surface area contributed by atoms with Gasteiger partial charge in [0.15, 0.2) is 0 Å². The van der Waals surface area contributed by atoms with Crippen LogP contribution in [0.15, 0.2) is 218 Å². The molecule has 2 heteroatoms. The molecule has 0 saturated carbocycles. The zero-order chi connectivity index (χ0) is 39.5. The molecule has 0 bridgehead atoms. The third kappa shape index (κ3) is 5.49. The van der Waals surface area contributed by atoms with Crippen molar-refractivity contribution in [3.63, 3.8) is 0 Å². The number of hydrogen-bond donors (Lipinski definition) is 2. The lowest BCUT2D eigenvalue weighted by Gasteiger charge is -2.37. The van der Waals surface area contributed by atoms with E-state index in [0.717, 1.165) is 77.9 Å². The molecule has 0 aliphatic heterocycles. The summed E-state index contributed by atoms with van der Waals surface area (Å²) in [6.45, 7) is 0. The van der Waals surface area contributed by atoms with Gasteiger partial charge in [0.1, 0.15) is 11.5 Å². The lowest BCUT2D eigenvalue weighted by Crippen LogP contribution is -2.30. The summed E-state index contributed by atoms with van der Waals surface area (Å²) in [4.78, 5) is 0. The van der Waals surface area contributed by atoms with Crippen LogP contribution in [-0.4, -0.2) is 10.2 Å². The average molecular weight is 755 g/mol. The molecule has 0 atom stereocenters. The van der Waals surface area contributed by atoms with Gasteiger partial charge in [0.25, 0.3) is 0 Å². The summed E-state index contributed by atoms with van der Waals surface area (Å²) in [6.07, 6.45) is 0. The van der Waals surface area contributed by atoms with E-state index in [1.54, 1.807) is 0 Å². The lowest BCUT2D eigenvalue weighted by molar-refractivity contribution is 0.477. The highest BCUT2D eigenvalue weighted by Gasteiger charge is 2.49. The minimum atomic E-state index is -0.927. The van der Waals surface area contributed by atoms with Crippen LogP contribution in [0.25, 0.3) is 77.2 Å². The molecular formula is C57H38O2. The summed E-state index contributed by atoms with van der Waals surface area (Å²) >= 11 is 0. The van der Waals surface area contributed by atoms with Gasteiger partial charge in [0.05, 0.1) is 5.41 Å². The number of aromatic hydroxyl groups is 2. The number of phenols is 2. The van der Waals surface area contributed by atoms with Gasteiger partial charge in [0.2, 0.25) is 0 Å². The predicted octanol–water partition coefficient (Wildman–Crippen LogP) is 14.4. The predicted molar refractivity (Wildman–Crippen MR) is 244 cm³/mol. The van der Waals surface area contributed by atoms with Crippen molar-refractivity contribution < 1.29 is 10.2 Å². The summed E-state index contributed by atoms with van der Waals surface area (Å²) in [5, 5.41) is 28.0. The van der Waals surface area contributed by atoms with Crippen LogP contribution < -0.4 is 0 Å². The molecule has 0 amide bonds. The lowest BCUT2D eigenvalue weighted by atomic mass is 9.64. The van der Waals surface area contributed by atoms with E-state index in [9.17, 15) is 10.2 Å². The molecule has 0 radical (unpaired) electrons. The fourth-order valence-corrected chi connectivity index (χ4v) is 9.66. The quantitative estimate of drug-likeness (QED) is 0.177. The van der Waals surface area contributed by atoms with Crippen molar-refractivity contribution in [1.82, 2.24) is 0 Å². The molecule has 0 aromatic heterocycles. The van der Waals surface area contributed by atoms with Crippen LogP contribution in [0.4, 0.5) is 0 Å². The van der Waals surface area contributed by atoms with E-state index in [2.05, 4.69) is 170 Å². The van der Waals surface area contributed by atoms with Crippen LogP contribution in [0.2, 0.25) is 0 Å². The minimum absolute atomic E-state index is 0.217. The van der Waals surface area contributed by atoms with Gasteiger partial charge in [-0.2, -0.15) is 0 Å². The zero-order valence-electron chi connectivity index (χ0n) is 32.2. The van der Waals surface area contributed by atoms with Crippen LogP contribution in [0, 0.1) is 0 Å². The van der Waals surface area contributed by atoms with Crippen LogP contribution in [0.3, 0.4) is 0 Å². The van der Waals surface area contributed by atoms with Crippen molar-refractivity contribution in [3.8, 4) is 67.1 Å². The van der Waals surface area contributed by atoms with Crippen molar-refractivity contribution >= 4 is 21.5 Å². The maximum Gasteiger partial charge on any atom is 0.123 e. The van der Waals surface area contributed by atoms with E-state index >= 15 is 0 Å². The Morgan fingerprint density at radius 2 is 0.644 bits per heavy atom. The molecule has 2 N–H and O–H groups in total. The third-order valence-electron chi connectivity index (χ3n) is 12.3. The first-order valence-electron chi connectivity index (χ1n) is 20.1. The normalized spacial score (nSPS) is 12.7.